The molecule has 1 atom stereocenters. The number of para-hydroxylation sites is 2. The first-order valence-corrected chi connectivity index (χ1v) is 8.66. The Bertz CT molecular complexity index is 841. The minimum Gasteiger partial charge on any atom is -0.378 e. The van der Waals surface area contributed by atoms with E-state index in [9.17, 15) is 0 Å². The lowest BCUT2D eigenvalue weighted by Crippen LogP contribution is -2.37. The summed E-state index contributed by atoms with van der Waals surface area (Å²) in [6, 6.07) is 28.0. The van der Waals surface area contributed by atoms with Crippen LogP contribution >= 0.6 is 0 Å². The highest BCUT2D eigenvalue weighted by molar-refractivity contribution is 5.62. The minimum absolute atomic E-state index is 0.119. The third kappa shape index (κ3) is 3.05. The lowest BCUT2D eigenvalue weighted by molar-refractivity contribution is 0.658. The first-order valence-electron chi connectivity index (χ1n) is 8.66. The Morgan fingerprint density at radius 1 is 0.840 bits per heavy atom. The van der Waals surface area contributed by atoms with Crippen LogP contribution in [0.5, 0.6) is 0 Å². The van der Waals surface area contributed by atoms with Gasteiger partial charge in [-0.1, -0.05) is 48.5 Å². The van der Waals surface area contributed by atoms with E-state index >= 15 is 0 Å². The van der Waals surface area contributed by atoms with Gasteiger partial charge in [-0.3, -0.25) is 0 Å². The van der Waals surface area contributed by atoms with Gasteiger partial charge in [0.15, 0.2) is 0 Å². The van der Waals surface area contributed by atoms with E-state index in [0.717, 1.165) is 6.54 Å². The SMILES string of the molecule is CN(C)c1ccc(C2Nc3ccccc3CN2c2ccccc2)cc1. The second kappa shape index (κ2) is 6.52. The summed E-state index contributed by atoms with van der Waals surface area (Å²) in [4.78, 5) is 4.55. The zero-order valence-electron chi connectivity index (χ0n) is 14.7. The Balaban J connectivity index is 1.74. The van der Waals surface area contributed by atoms with Crippen LogP contribution in [0.1, 0.15) is 17.3 Å². The van der Waals surface area contributed by atoms with Gasteiger partial charge in [-0.15, -0.1) is 0 Å². The summed E-state index contributed by atoms with van der Waals surface area (Å²) in [6.45, 7) is 0.896. The van der Waals surface area contributed by atoms with Crippen LogP contribution in [-0.2, 0) is 6.54 Å². The number of nitrogens with zero attached hydrogens (tertiary/aromatic N) is 2. The van der Waals surface area contributed by atoms with Crippen molar-refractivity contribution in [1.82, 2.24) is 0 Å². The average Bonchev–Trinajstić information content (AvgIpc) is 2.68. The summed E-state index contributed by atoms with van der Waals surface area (Å²) in [6.07, 6.45) is 0.119. The van der Waals surface area contributed by atoms with Crippen molar-refractivity contribution in [2.45, 2.75) is 12.7 Å². The molecule has 0 saturated heterocycles. The van der Waals surface area contributed by atoms with Gasteiger partial charge in [0.05, 0.1) is 0 Å². The van der Waals surface area contributed by atoms with Crippen LogP contribution in [-0.4, -0.2) is 14.1 Å². The van der Waals surface area contributed by atoms with Crippen molar-refractivity contribution in [2.75, 3.05) is 29.2 Å². The highest BCUT2D eigenvalue weighted by Crippen LogP contribution is 2.36. The van der Waals surface area contributed by atoms with Gasteiger partial charge < -0.3 is 15.1 Å². The van der Waals surface area contributed by atoms with Crippen LogP contribution in [0.3, 0.4) is 0 Å². The van der Waals surface area contributed by atoms with Crippen LogP contribution in [0.15, 0.2) is 78.9 Å². The summed E-state index contributed by atoms with van der Waals surface area (Å²) in [5, 5.41) is 3.72. The topological polar surface area (TPSA) is 18.5 Å². The van der Waals surface area contributed by atoms with Crippen molar-refractivity contribution >= 4 is 17.1 Å². The van der Waals surface area contributed by atoms with Crippen LogP contribution < -0.4 is 15.1 Å². The van der Waals surface area contributed by atoms with Crippen LogP contribution in [0.2, 0.25) is 0 Å². The van der Waals surface area contributed by atoms with E-state index in [1.54, 1.807) is 0 Å². The molecule has 126 valence electrons. The maximum absolute atomic E-state index is 3.72. The Labute approximate surface area is 149 Å². The molecule has 4 rings (SSSR count). The summed E-state index contributed by atoms with van der Waals surface area (Å²) in [7, 11) is 4.14. The van der Waals surface area contributed by atoms with Crippen LogP contribution in [0, 0.1) is 0 Å². The van der Waals surface area contributed by atoms with Crippen molar-refractivity contribution in [3.05, 3.63) is 90.0 Å². The normalized spacial score (nSPS) is 16.1. The van der Waals surface area contributed by atoms with Crippen molar-refractivity contribution in [3.8, 4) is 0 Å². The molecule has 0 aliphatic carbocycles. The van der Waals surface area contributed by atoms with E-state index in [-0.39, 0.29) is 6.17 Å². The van der Waals surface area contributed by atoms with Crippen molar-refractivity contribution < 1.29 is 0 Å². The molecular weight excluding hydrogens is 306 g/mol. The molecule has 25 heavy (non-hydrogen) atoms. The molecule has 3 aromatic carbocycles. The maximum Gasteiger partial charge on any atom is 0.126 e. The summed E-state index contributed by atoms with van der Waals surface area (Å²) in [5.41, 5.74) is 6.25. The molecule has 0 fully saturated rings. The fourth-order valence-corrected chi connectivity index (χ4v) is 3.38. The summed E-state index contributed by atoms with van der Waals surface area (Å²) >= 11 is 0. The molecule has 1 aliphatic heterocycles. The number of fused-ring (bicyclic) bond motifs is 1. The zero-order valence-corrected chi connectivity index (χ0v) is 14.7. The highest BCUT2D eigenvalue weighted by atomic mass is 15.3. The third-order valence-electron chi connectivity index (χ3n) is 4.78. The van der Waals surface area contributed by atoms with Crippen LogP contribution in [0.25, 0.3) is 0 Å². The minimum atomic E-state index is 0.119. The van der Waals surface area contributed by atoms with Gasteiger partial charge in [0, 0.05) is 37.7 Å². The molecule has 3 heteroatoms. The van der Waals surface area contributed by atoms with E-state index < -0.39 is 0 Å². The number of hydrogen-bond donors (Lipinski definition) is 1. The fourth-order valence-electron chi connectivity index (χ4n) is 3.38. The zero-order chi connectivity index (χ0) is 17.2. The maximum atomic E-state index is 3.72. The molecule has 1 N–H and O–H groups in total. The Morgan fingerprint density at radius 2 is 1.52 bits per heavy atom. The molecule has 0 spiro atoms. The first kappa shape index (κ1) is 15.6. The monoisotopic (exact) mass is 329 g/mol. The van der Waals surface area contributed by atoms with E-state index in [1.165, 1.54) is 28.2 Å². The molecule has 1 heterocycles. The standard InChI is InChI=1S/C22H23N3/c1-24(2)19-14-12-17(13-15-19)22-23-21-11-7-6-8-18(21)16-25(22)20-9-4-3-5-10-20/h3-15,22-23H,16H2,1-2H3. The Kier molecular flexibility index (Phi) is 4.06. The van der Waals surface area contributed by atoms with E-state index in [0.29, 0.717) is 0 Å². The van der Waals surface area contributed by atoms with E-state index in [1.807, 2.05) is 0 Å². The molecule has 0 amide bonds. The lowest BCUT2D eigenvalue weighted by atomic mass is 10.0. The molecular formula is C22H23N3. The van der Waals surface area contributed by atoms with E-state index in [4.69, 9.17) is 0 Å². The third-order valence-corrected chi connectivity index (χ3v) is 4.78. The average molecular weight is 329 g/mol. The van der Waals surface area contributed by atoms with Gasteiger partial charge in [0.25, 0.3) is 0 Å². The smallest absolute Gasteiger partial charge is 0.126 e. The fraction of sp³-hybridized carbons (Fsp3) is 0.182. The van der Waals surface area contributed by atoms with E-state index in [2.05, 4.69) is 108 Å². The quantitative estimate of drug-likeness (QED) is 0.738. The van der Waals surface area contributed by atoms with Gasteiger partial charge in [0.1, 0.15) is 6.17 Å². The van der Waals surface area contributed by atoms with Crippen molar-refractivity contribution in [2.24, 2.45) is 0 Å². The first-order chi connectivity index (χ1) is 12.2. The molecule has 0 saturated carbocycles. The number of hydrogen-bond acceptors (Lipinski definition) is 3. The number of anilines is 3. The molecule has 0 radical (unpaired) electrons. The predicted molar refractivity (Wildman–Crippen MR) is 106 cm³/mol. The molecule has 0 aromatic heterocycles. The summed E-state index contributed by atoms with van der Waals surface area (Å²) in [5.74, 6) is 0. The Hall–Kier alpha value is -2.94. The predicted octanol–water partition coefficient (Wildman–Crippen LogP) is 4.88. The number of rotatable bonds is 3. The molecule has 0 bridgehead atoms. The highest BCUT2D eigenvalue weighted by Gasteiger charge is 2.26. The van der Waals surface area contributed by atoms with Gasteiger partial charge >= 0.3 is 0 Å². The second-order valence-electron chi connectivity index (χ2n) is 6.65. The number of benzene rings is 3. The summed E-state index contributed by atoms with van der Waals surface area (Å²) < 4.78 is 0. The molecule has 3 aromatic rings. The molecule has 3 nitrogen and oxygen atoms in total. The molecule has 1 aliphatic rings. The van der Waals surface area contributed by atoms with Crippen molar-refractivity contribution in [1.29, 1.82) is 0 Å². The number of nitrogens with one attached hydrogen (secondary N) is 1. The van der Waals surface area contributed by atoms with Gasteiger partial charge in [-0.2, -0.15) is 0 Å². The molecule has 1 unspecified atom stereocenters. The second-order valence-corrected chi connectivity index (χ2v) is 6.65. The van der Waals surface area contributed by atoms with Gasteiger partial charge in [-0.25, -0.2) is 0 Å². The van der Waals surface area contributed by atoms with Crippen LogP contribution in [0.4, 0.5) is 17.1 Å². The Morgan fingerprint density at radius 3 is 2.24 bits per heavy atom. The lowest BCUT2D eigenvalue weighted by Gasteiger charge is -2.40. The van der Waals surface area contributed by atoms with Gasteiger partial charge in [-0.05, 0) is 41.5 Å². The van der Waals surface area contributed by atoms with Crippen molar-refractivity contribution in [3.63, 3.8) is 0 Å². The van der Waals surface area contributed by atoms with Gasteiger partial charge in [0.2, 0.25) is 0 Å². The largest absolute Gasteiger partial charge is 0.378 e.